The number of piperidine rings is 1. The van der Waals surface area contributed by atoms with Crippen molar-refractivity contribution in [2.24, 2.45) is 17.8 Å². The zero-order valence-corrected chi connectivity index (χ0v) is 25.2. The van der Waals surface area contributed by atoms with E-state index >= 15 is 0 Å². The Labute approximate surface area is 239 Å². The van der Waals surface area contributed by atoms with Gasteiger partial charge in [0, 0.05) is 33.6 Å². The summed E-state index contributed by atoms with van der Waals surface area (Å²) in [6.45, 7) is 8.51. The van der Waals surface area contributed by atoms with Gasteiger partial charge in [-0.05, 0) is 69.6 Å². The third-order valence-electron chi connectivity index (χ3n) is 8.68. The molecule has 40 heavy (non-hydrogen) atoms. The second-order valence-corrected chi connectivity index (χ2v) is 12.3. The Morgan fingerprint density at radius 1 is 0.925 bits per heavy atom. The van der Waals surface area contributed by atoms with Gasteiger partial charge < -0.3 is 23.8 Å². The number of hydrogen-bond acceptors (Lipinski definition) is 8. The van der Waals surface area contributed by atoms with E-state index in [1.165, 1.54) is 4.90 Å². The molecule has 3 aliphatic heterocycles. The Morgan fingerprint density at radius 2 is 1.62 bits per heavy atom. The molecule has 0 saturated carbocycles. The Bertz CT molecular complexity index is 932. The number of carbonyl (C=O) groups excluding carboxylic acids is 4. The van der Waals surface area contributed by atoms with Crippen LogP contribution < -0.4 is 0 Å². The smallest absolute Gasteiger partial charge is 0.328 e. The Hall–Kier alpha value is -2.10. The molecule has 0 aliphatic carbocycles. The topological polar surface area (TPSA) is 108 Å². The number of cyclic esters (lactones) is 1. The molecule has 1 amide bonds. The lowest BCUT2D eigenvalue weighted by molar-refractivity contribution is -0.199. The monoisotopic (exact) mass is 563 g/mol. The number of fused-ring (bicyclic) bond motifs is 3. The number of esters is 1. The van der Waals surface area contributed by atoms with Crippen LogP contribution >= 0.6 is 0 Å². The maximum absolute atomic E-state index is 13.6. The largest absolute Gasteiger partial charge is 0.464 e. The first-order valence-corrected chi connectivity index (χ1v) is 14.9. The summed E-state index contributed by atoms with van der Waals surface area (Å²) in [6, 6.07) is -0.796. The summed E-state index contributed by atoms with van der Waals surface area (Å²) in [5.41, 5.74) is 1.14. The molecule has 2 saturated heterocycles. The van der Waals surface area contributed by atoms with Crippen LogP contribution in [0.4, 0.5) is 0 Å². The summed E-state index contributed by atoms with van der Waals surface area (Å²) in [7, 11) is 3.25. The van der Waals surface area contributed by atoms with Crippen LogP contribution in [0.1, 0.15) is 85.5 Å². The highest BCUT2D eigenvalue weighted by molar-refractivity contribution is 6.38. The van der Waals surface area contributed by atoms with Crippen molar-refractivity contribution in [2.45, 2.75) is 116 Å². The molecular weight excluding hydrogens is 514 g/mol. The molecule has 8 atom stereocenters. The van der Waals surface area contributed by atoms with E-state index in [0.717, 1.165) is 18.4 Å². The van der Waals surface area contributed by atoms with Gasteiger partial charge in [0.05, 0.1) is 18.8 Å². The molecule has 0 aromatic carbocycles. The van der Waals surface area contributed by atoms with E-state index in [1.54, 1.807) is 14.2 Å². The van der Waals surface area contributed by atoms with Crippen LogP contribution in [-0.4, -0.2) is 86.2 Å². The van der Waals surface area contributed by atoms with E-state index in [0.29, 0.717) is 51.5 Å². The fourth-order valence-electron chi connectivity index (χ4n) is 6.25. The minimum Gasteiger partial charge on any atom is -0.464 e. The lowest BCUT2D eigenvalue weighted by Gasteiger charge is -2.43. The number of methoxy groups -OCH3 is 2. The van der Waals surface area contributed by atoms with Crippen LogP contribution in [-0.2, 0) is 38.1 Å². The number of ketones is 2. The number of amides is 1. The first kappa shape index (κ1) is 32.4. The normalized spacial score (nSPS) is 37.5. The summed E-state index contributed by atoms with van der Waals surface area (Å²) in [5, 5.41) is 0. The van der Waals surface area contributed by atoms with Gasteiger partial charge in [-0.25, -0.2) is 4.79 Å². The van der Waals surface area contributed by atoms with E-state index in [9.17, 15) is 19.2 Å². The van der Waals surface area contributed by atoms with Gasteiger partial charge in [-0.3, -0.25) is 14.4 Å². The number of ether oxygens (including phenoxy) is 4. The van der Waals surface area contributed by atoms with Crippen LogP contribution in [0.15, 0.2) is 11.6 Å². The standard InChI is InChI=1S/C31H49NO8/c1-19-10-12-23(33)13-11-20(2)18-39-31(36)24-9-7-8-14-32(24)30(35)27(34)28-22(4)17-26(38-6)29(40-28)25(37-5)16-21(3)15-19/h10,20-22,24-26,28-29H,7-9,11-18H2,1-6H3/b19-10-. The van der Waals surface area contributed by atoms with Crippen molar-refractivity contribution in [3.8, 4) is 0 Å². The molecule has 3 heterocycles. The fraction of sp³-hybridized carbons (Fsp3) is 0.806. The van der Waals surface area contributed by atoms with Crippen molar-refractivity contribution in [3.05, 3.63) is 11.6 Å². The van der Waals surface area contributed by atoms with Gasteiger partial charge in [-0.2, -0.15) is 0 Å². The third kappa shape index (κ3) is 8.46. The Kier molecular flexibility index (Phi) is 12.3. The zero-order chi connectivity index (χ0) is 29.4. The maximum atomic E-state index is 13.6. The van der Waals surface area contributed by atoms with Crippen LogP contribution in [0.3, 0.4) is 0 Å². The quantitative estimate of drug-likeness (QED) is 0.281. The van der Waals surface area contributed by atoms with Crippen LogP contribution in [0.2, 0.25) is 0 Å². The molecule has 2 bridgehead atoms. The molecule has 0 aromatic heterocycles. The molecular formula is C31H49NO8. The second-order valence-electron chi connectivity index (χ2n) is 12.3. The summed E-state index contributed by atoms with van der Waals surface area (Å²) in [5.74, 6) is -1.66. The minimum atomic E-state index is -0.947. The van der Waals surface area contributed by atoms with Gasteiger partial charge in [0.1, 0.15) is 24.0 Å². The van der Waals surface area contributed by atoms with Gasteiger partial charge in [0.2, 0.25) is 5.78 Å². The fourth-order valence-corrected chi connectivity index (χ4v) is 6.25. The van der Waals surface area contributed by atoms with Crippen molar-refractivity contribution in [2.75, 3.05) is 27.4 Å². The molecule has 9 heteroatoms. The van der Waals surface area contributed by atoms with E-state index in [2.05, 4.69) is 6.92 Å². The molecule has 3 rings (SSSR count). The summed E-state index contributed by atoms with van der Waals surface area (Å²) in [4.78, 5) is 54.2. The van der Waals surface area contributed by atoms with Crippen LogP contribution in [0.25, 0.3) is 0 Å². The Balaban J connectivity index is 1.89. The molecule has 8 unspecified atom stereocenters. The van der Waals surface area contributed by atoms with Gasteiger partial charge in [0.15, 0.2) is 0 Å². The maximum Gasteiger partial charge on any atom is 0.328 e. The summed E-state index contributed by atoms with van der Waals surface area (Å²) < 4.78 is 23.6. The number of carbonyl (C=O) groups is 4. The number of rotatable bonds is 2. The van der Waals surface area contributed by atoms with Crippen LogP contribution in [0.5, 0.6) is 0 Å². The molecule has 226 valence electrons. The van der Waals surface area contributed by atoms with Crippen molar-refractivity contribution in [1.82, 2.24) is 4.90 Å². The molecule has 0 aromatic rings. The van der Waals surface area contributed by atoms with E-state index in [-0.39, 0.29) is 42.4 Å². The lowest BCUT2D eigenvalue weighted by Crippen LogP contribution is -2.58. The number of Topliss-reactive ketones (excluding diaryl/α,β-unsaturated/α-hetero) is 2. The molecule has 9 nitrogen and oxygen atoms in total. The molecule has 0 N–H and O–H groups in total. The first-order chi connectivity index (χ1) is 19.0. The zero-order valence-electron chi connectivity index (χ0n) is 25.2. The highest BCUT2D eigenvalue weighted by Gasteiger charge is 2.47. The van der Waals surface area contributed by atoms with Gasteiger partial charge in [-0.1, -0.05) is 32.4 Å². The molecule has 3 aliphatic rings. The van der Waals surface area contributed by atoms with E-state index < -0.39 is 35.9 Å². The molecule has 0 spiro atoms. The highest BCUT2D eigenvalue weighted by atomic mass is 16.6. The average molecular weight is 564 g/mol. The lowest BCUT2D eigenvalue weighted by atomic mass is 9.84. The van der Waals surface area contributed by atoms with Crippen molar-refractivity contribution in [1.29, 1.82) is 0 Å². The predicted molar refractivity (Wildman–Crippen MR) is 150 cm³/mol. The van der Waals surface area contributed by atoms with Gasteiger partial charge in [-0.15, -0.1) is 0 Å². The summed E-state index contributed by atoms with van der Waals surface area (Å²) >= 11 is 0. The highest BCUT2D eigenvalue weighted by Crippen LogP contribution is 2.33. The molecule has 2 fully saturated rings. The van der Waals surface area contributed by atoms with E-state index in [1.807, 2.05) is 26.8 Å². The minimum absolute atomic E-state index is 0.00890. The van der Waals surface area contributed by atoms with Crippen molar-refractivity contribution in [3.63, 3.8) is 0 Å². The third-order valence-corrected chi connectivity index (χ3v) is 8.68. The number of nitrogens with zero attached hydrogens (tertiary/aromatic N) is 1. The van der Waals surface area contributed by atoms with Crippen LogP contribution in [0, 0.1) is 17.8 Å². The van der Waals surface area contributed by atoms with Gasteiger partial charge >= 0.3 is 5.97 Å². The first-order valence-electron chi connectivity index (χ1n) is 14.9. The second kappa shape index (κ2) is 15.2. The molecule has 0 radical (unpaired) electrons. The van der Waals surface area contributed by atoms with Gasteiger partial charge in [0.25, 0.3) is 5.91 Å². The van der Waals surface area contributed by atoms with Crippen molar-refractivity contribution < 1.29 is 38.1 Å². The summed E-state index contributed by atoms with van der Waals surface area (Å²) in [6.07, 6.45) is 5.28. The predicted octanol–water partition coefficient (Wildman–Crippen LogP) is 4.06. The number of hydrogen-bond donors (Lipinski definition) is 0. The SMILES string of the molecule is COC1CC(C)C/C(C)=C\CC(=O)CCC(C)COC(=O)C2CCCCN2C(=O)C(=O)C2OC1C(OC)CC2C. The Morgan fingerprint density at radius 3 is 2.33 bits per heavy atom. The van der Waals surface area contributed by atoms with E-state index in [4.69, 9.17) is 18.9 Å². The van der Waals surface area contributed by atoms with Crippen molar-refractivity contribution >= 4 is 23.4 Å². The number of allylic oxidation sites excluding steroid dienone is 2. The average Bonchev–Trinajstić information content (AvgIpc) is 2.95.